The van der Waals surface area contributed by atoms with Crippen molar-refractivity contribution in [2.24, 2.45) is 5.92 Å². The lowest BCUT2D eigenvalue weighted by atomic mass is 9.85. The summed E-state index contributed by atoms with van der Waals surface area (Å²) in [5.74, 6) is 0.545. The summed E-state index contributed by atoms with van der Waals surface area (Å²) in [7, 11) is 0. The molecule has 0 heterocycles. The first-order valence-electron chi connectivity index (χ1n) is 5.95. The minimum absolute atomic E-state index is 0.168. The van der Waals surface area contributed by atoms with Gasteiger partial charge in [-0.1, -0.05) is 6.92 Å². The van der Waals surface area contributed by atoms with Gasteiger partial charge in [0.05, 0.1) is 12.1 Å². The SMILES string of the molecule is CC1CCC(O)C(NC(=O)OC(C)(C)C)C1. The van der Waals surface area contributed by atoms with E-state index < -0.39 is 17.8 Å². The number of nitrogens with one attached hydrogen (secondary N) is 1. The number of rotatable bonds is 1. The van der Waals surface area contributed by atoms with Crippen molar-refractivity contribution in [3.05, 3.63) is 0 Å². The Balaban J connectivity index is 2.43. The number of aliphatic hydroxyl groups excluding tert-OH is 1. The van der Waals surface area contributed by atoms with Gasteiger partial charge in [0.1, 0.15) is 5.60 Å². The van der Waals surface area contributed by atoms with Crippen LogP contribution in [0.5, 0.6) is 0 Å². The van der Waals surface area contributed by atoms with Gasteiger partial charge in [0, 0.05) is 0 Å². The molecule has 16 heavy (non-hydrogen) atoms. The Bertz CT molecular complexity index is 247. The number of carbonyl (C=O) groups is 1. The minimum atomic E-state index is -0.491. The van der Waals surface area contributed by atoms with Gasteiger partial charge >= 0.3 is 6.09 Å². The molecule has 0 spiro atoms. The third kappa shape index (κ3) is 4.39. The molecule has 1 rings (SSSR count). The molecule has 4 nitrogen and oxygen atoms in total. The van der Waals surface area contributed by atoms with Crippen molar-refractivity contribution in [2.75, 3.05) is 0 Å². The smallest absolute Gasteiger partial charge is 0.407 e. The van der Waals surface area contributed by atoms with Gasteiger partial charge in [-0.2, -0.15) is 0 Å². The van der Waals surface area contributed by atoms with E-state index in [1.54, 1.807) is 0 Å². The van der Waals surface area contributed by atoms with Crippen LogP contribution in [0.2, 0.25) is 0 Å². The van der Waals surface area contributed by atoms with Crippen molar-refractivity contribution >= 4 is 6.09 Å². The Morgan fingerprint density at radius 2 is 2.00 bits per heavy atom. The topological polar surface area (TPSA) is 58.6 Å². The van der Waals surface area contributed by atoms with Crippen molar-refractivity contribution in [1.82, 2.24) is 5.32 Å². The predicted octanol–water partition coefficient (Wildman–Crippen LogP) is 2.06. The minimum Gasteiger partial charge on any atom is -0.444 e. The van der Waals surface area contributed by atoms with Crippen molar-refractivity contribution < 1.29 is 14.6 Å². The predicted molar refractivity (Wildman–Crippen MR) is 62.2 cm³/mol. The van der Waals surface area contributed by atoms with Crippen LogP contribution < -0.4 is 5.32 Å². The zero-order chi connectivity index (χ0) is 12.3. The molecule has 0 aromatic heterocycles. The van der Waals surface area contributed by atoms with Crippen LogP contribution in [-0.2, 0) is 4.74 Å². The third-order valence-electron chi connectivity index (χ3n) is 2.78. The summed E-state index contributed by atoms with van der Waals surface area (Å²) in [5, 5.41) is 12.5. The second kappa shape index (κ2) is 5.04. The number of carbonyl (C=O) groups excluding carboxylic acids is 1. The molecule has 1 aliphatic rings. The van der Waals surface area contributed by atoms with E-state index in [1.165, 1.54) is 0 Å². The highest BCUT2D eigenvalue weighted by Crippen LogP contribution is 2.24. The summed E-state index contributed by atoms with van der Waals surface area (Å²) >= 11 is 0. The van der Waals surface area contributed by atoms with E-state index in [9.17, 15) is 9.90 Å². The van der Waals surface area contributed by atoms with Crippen LogP contribution in [-0.4, -0.2) is 28.9 Å². The molecule has 3 unspecified atom stereocenters. The second-order valence-corrected chi connectivity index (χ2v) is 5.74. The molecule has 0 aliphatic heterocycles. The van der Waals surface area contributed by atoms with Crippen LogP contribution in [0.25, 0.3) is 0 Å². The van der Waals surface area contributed by atoms with Crippen LogP contribution in [0.4, 0.5) is 4.79 Å². The zero-order valence-corrected chi connectivity index (χ0v) is 10.6. The summed E-state index contributed by atoms with van der Waals surface area (Å²) in [4.78, 5) is 11.5. The summed E-state index contributed by atoms with van der Waals surface area (Å²) in [5.41, 5.74) is -0.491. The van der Waals surface area contributed by atoms with Crippen LogP contribution in [0.3, 0.4) is 0 Å². The fourth-order valence-corrected chi connectivity index (χ4v) is 1.98. The number of hydrogen-bond donors (Lipinski definition) is 2. The Hall–Kier alpha value is -0.770. The van der Waals surface area contributed by atoms with E-state index in [0.717, 1.165) is 19.3 Å². The highest BCUT2D eigenvalue weighted by Gasteiger charge is 2.29. The first kappa shape index (κ1) is 13.3. The van der Waals surface area contributed by atoms with Gasteiger partial charge in [-0.15, -0.1) is 0 Å². The Morgan fingerprint density at radius 1 is 1.38 bits per heavy atom. The molecule has 1 fully saturated rings. The lowest BCUT2D eigenvalue weighted by molar-refractivity contribution is 0.0318. The normalized spacial score (nSPS) is 30.9. The van der Waals surface area contributed by atoms with Gasteiger partial charge < -0.3 is 15.2 Å². The molecule has 1 saturated carbocycles. The lowest BCUT2D eigenvalue weighted by Gasteiger charge is -2.32. The van der Waals surface area contributed by atoms with E-state index in [0.29, 0.717) is 5.92 Å². The first-order chi connectivity index (χ1) is 7.28. The standard InChI is InChI=1S/C12H23NO3/c1-8-5-6-10(14)9(7-8)13-11(15)16-12(2,3)4/h8-10,14H,5-7H2,1-4H3,(H,13,15). The van der Waals surface area contributed by atoms with Crippen molar-refractivity contribution in [2.45, 2.75) is 64.7 Å². The molecule has 0 aromatic carbocycles. The van der Waals surface area contributed by atoms with E-state index >= 15 is 0 Å². The fourth-order valence-electron chi connectivity index (χ4n) is 1.98. The quantitative estimate of drug-likeness (QED) is 0.723. The van der Waals surface area contributed by atoms with E-state index in [1.807, 2.05) is 20.8 Å². The van der Waals surface area contributed by atoms with Gasteiger partial charge in [-0.3, -0.25) is 0 Å². The van der Waals surface area contributed by atoms with Crippen LogP contribution in [0, 0.1) is 5.92 Å². The molecule has 1 amide bonds. The fraction of sp³-hybridized carbons (Fsp3) is 0.917. The molecule has 4 heteroatoms. The molecule has 3 atom stereocenters. The largest absolute Gasteiger partial charge is 0.444 e. The molecule has 1 aliphatic carbocycles. The van der Waals surface area contributed by atoms with Crippen LogP contribution in [0.15, 0.2) is 0 Å². The Morgan fingerprint density at radius 3 is 2.56 bits per heavy atom. The van der Waals surface area contributed by atoms with E-state index in [4.69, 9.17) is 4.74 Å². The van der Waals surface area contributed by atoms with Gasteiger partial charge in [0.2, 0.25) is 0 Å². The molecule has 0 radical (unpaired) electrons. The molecule has 0 bridgehead atoms. The number of ether oxygens (including phenoxy) is 1. The van der Waals surface area contributed by atoms with E-state index in [-0.39, 0.29) is 6.04 Å². The van der Waals surface area contributed by atoms with Gasteiger partial charge in [-0.05, 0) is 46.0 Å². The van der Waals surface area contributed by atoms with Gasteiger partial charge in [-0.25, -0.2) is 4.79 Å². The monoisotopic (exact) mass is 229 g/mol. The maximum atomic E-state index is 11.5. The van der Waals surface area contributed by atoms with Crippen molar-refractivity contribution in [3.63, 3.8) is 0 Å². The summed E-state index contributed by atoms with van der Waals surface area (Å²) in [6.07, 6.45) is 1.71. The van der Waals surface area contributed by atoms with Crippen LogP contribution in [0.1, 0.15) is 47.0 Å². The molecule has 94 valence electrons. The second-order valence-electron chi connectivity index (χ2n) is 5.74. The van der Waals surface area contributed by atoms with Gasteiger partial charge in [0.25, 0.3) is 0 Å². The number of amides is 1. The van der Waals surface area contributed by atoms with Crippen molar-refractivity contribution in [1.29, 1.82) is 0 Å². The van der Waals surface area contributed by atoms with E-state index in [2.05, 4.69) is 12.2 Å². The number of aliphatic hydroxyl groups is 1. The number of hydrogen-bond acceptors (Lipinski definition) is 3. The molecule has 2 N–H and O–H groups in total. The highest BCUT2D eigenvalue weighted by molar-refractivity contribution is 5.68. The summed E-state index contributed by atoms with van der Waals surface area (Å²) < 4.78 is 5.16. The highest BCUT2D eigenvalue weighted by atomic mass is 16.6. The summed E-state index contributed by atoms with van der Waals surface area (Å²) in [6.45, 7) is 7.61. The maximum Gasteiger partial charge on any atom is 0.407 e. The summed E-state index contributed by atoms with van der Waals surface area (Å²) in [6, 6.07) is -0.168. The van der Waals surface area contributed by atoms with Crippen molar-refractivity contribution in [3.8, 4) is 0 Å². The molecule has 0 saturated heterocycles. The van der Waals surface area contributed by atoms with Gasteiger partial charge in [0.15, 0.2) is 0 Å². The Labute approximate surface area is 97.4 Å². The maximum absolute atomic E-state index is 11.5. The lowest BCUT2D eigenvalue weighted by Crippen LogP contribution is -2.48. The van der Waals surface area contributed by atoms with Crippen LogP contribution >= 0.6 is 0 Å². The molecular weight excluding hydrogens is 206 g/mol. The zero-order valence-electron chi connectivity index (χ0n) is 10.6. The third-order valence-corrected chi connectivity index (χ3v) is 2.78. The number of alkyl carbamates (subject to hydrolysis) is 1. The molecule has 0 aromatic rings. The Kier molecular flexibility index (Phi) is 4.19. The first-order valence-corrected chi connectivity index (χ1v) is 5.95. The average molecular weight is 229 g/mol. The average Bonchev–Trinajstić information content (AvgIpc) is 2.08. The molecular formula is C12H23NO3.